The predicted octanol–water partition coefficient (Wildman–Crippen LogP) is 3.54. The van der Waals surface area contributed by atoms with Gasteiger partial charge in [-0.15, -0.1) is 11.6 Å². The number of aryl methyl sites for hydroxylation is 1. The number of thioether (sulfide) groups is 1. The van der Waals surface area contributed by atoms with Gasteiger partial charge in [0.05, 0.1) is 5.02 Å². The third kappa shape index (κ3) is 2.22. The maximum atomic E-state index is 5.98. The molecule has 1 unspecified atom stereocenters. The van der Waals surface area contributed by atoms with Gasteiger partial charge in [-0.1, -0.05) is 11.6 Å². The van der Waals surface area contributed by atoms with Gasteiger partial charge in [-0.3, -0.25) is 0 Å². The Kier molecular flexibility index (Phi) is 3.68. The fraction of sp³-hybridized carbons (Fsp3) is 0.500. The Bertz CT molecular complexity index is 564. The number of rotatable bonds is 3. The third-order valence-corrected chi connectivity index (χ3v) is 4.70. The lowest BCUT2D eigenvalue weighted by atomic mass is 10.2. The van der Waals surface area contributed by atoms with Gasteiger partial charge in [-0.2, -0.15) is 11.8 Å². The van der Waals surface area contributed by atoms with E-state index in [9.17, 15) is 0 Å². The smallest absolute Gasteiger partial charge is 0.160 e. The lowest BCUT2D eigenvalue weighted by Gasteiger charge is -2.14. The van der Waals surface area contributed by atoms with Crippen LogP contribution in [-0.4, -0.2) is 31.9 Å². The molecule has 0 aromatic carbocycles. The van der Waals surface area contributed by atoms with Gasteiger partial charge in [0, 0.05) is 30.3 Å². The Hall–Kier alpha value is -0.450. The Morgan fingerprint density at radius 1 is 1.50 bits per heavy atom. The second kappa shape index (κ2) is 5.27. The molecule has 0 aliphatic carbocycles. The van der Waals surface area contributed by atoms with Crippen LogP contribution in [0, 0.1) is 0 Å². The van der Waals surface area contributed by atoms with Crippen molar-refractivity contribution in [3.8, 4) is 0 Å². The minimum atomic E-state index is 0.492. The normalized spacial score (nSPS) is 19.8. The van der Waals surface area contributed by atoms with E-state index in [-0.39, 0.29) is 0 Å². The summed E-state index contributed by atoms with van der Waals surface area (Å²) in [7, 11) is 0. The van der Waals surface area contributed by atoms with E-state index in [4.69, 9.17) is 23.2 Å². The summed E-state index contributed by atoms with van der Waals surface area (Å²) in [5.41, 5.74) is 1.81. The van der Waals surface area contributed by atoms with Gasteiger partial charge in [0.2, 0.25) is 0 Å². The van der Waals surface area contributed by atoms with Crippen molar-refractivity contribution >= 4 is 46.1 Å². The highest BCUT2D eigenvalue weighted by Crippen LogP contribution is 2.32. The van der Waals surface area contributed by atoms with Gasteiger partial charge >= 0.3 is 0 Å². The number of halogens is 2. The first kappa shape index (κ1) is 12.6. The van der Waals surface area contributed by atoms with E-state index >= 15 is 0 Å². The van der Waals surface area contributed by atoms with Crippen molar-refractivity contribution in [2.45, 2.75) is 18.9 Å². The Morgan fingerprint density at radius 3 is 3.11 bits per heavy atom. The highest BCUT2D eigenvalue weighted by molar-refractivity contribution is 7.99. The van der Waals surface area contributed by atoms with Gasteiger partial charge in [0.15, 0.2) is 5.65 Å². The summed E-state index contributed by atoms with van der Waals surface area (Å²) in [6, 6.07) is 2.37. The van der Waals surface area contributed by atoms with Crippen LogP contribution in [-0.2, 0) is 6.42 Å². The molecular formula is C12H13Cl2N3S. The van der Waals surface area contributed by atoms with Gasteiger partial charge < -0.3 is 4.57 Å². The zero-order valence-corrected chi connectivity index (χ0v) is 12.1. The molecule has 1 fully saturated rings. The predicted molar refractivity (Wildman–Crippen MR) is 77.9 cm³/mol. The maximum absolute atomic E-state index is 5.98. The number of nitrogens with zero attached hydrogens (tertiary/aromatic N) is 3. The Balaban J connectivity index is 2.14. The number of imidazole rings is 1. The lowest BCUT2D eigenvalue weighted by Crippen LogP contribution is -2.12. The molecule has 6 heteroatoms. The second-order valence-electron chi connectivity index (χ2n) is 4.35. The highest BCUT2D eigenvalue weighted by Gasteiger charge is 2.23. The Labute approximate surface area is 120 Å². The first-order valence-corrected chi connectivity index (χ1v) is 8.02. The third-order valence-electron chi connectivity index (χ3n) is 3.16. The van der Waals surface area contributed by atoms with Crippen LogP contribution in [0.4, 0.5) is 0 Å². The van der Waals surface area contributed by atoms with Crippen molar-refractivity contribution in [3.63, 3.8) is 0 Å². The molecule has 0 radical (unpaired) electrons. The molecule has 2 aromatic heterocycles. The molecule has 3 heterocycles. The fourth-order valence-electron chi connectivity index (χ4n) is 2.37. The topological polar surface area (TPSA) is 30.7 Å². The summed E-state index contributed by atoms with van der Waals surface area (Å²) in [5.74, 6) is 3.95. The molecule has 0 bridgehead atoms. The van der Waals surface area contributed by atoms with E-state index in [0.717, 1.165) is 29.2 Å². The summed E-state index contributed by atoms with van der Waals surface area (Å²) < 4.78 is 2.26. The van der Waals surface area contributed by atoms with Gasteiger partial charge in [0.25, 0.3) is 0 Å². The van der Waals surface area contributed by atoms with Gasteiger partial charge in [-0.25, -0.2) is 9.97 Å². The van der Waals surface area contributed by atoms with Crippen molar-refractivity contribution in [1.29, 1.82) is 0 Å². The van der Waals surface area contributed by atoms with Crippen molar-refractivity contribution in [2.75, 3.05) is 17.4 Å². The summed E-state index contributed by atoms with van der Waals surface area (Å²) in [4.78, 5) is 9.07. The minimum Gasteiger partial charge on any atom is -0.309 e. The van der Waals surface area contributed by atoms with Crippen molar-refractivity contribution < 1.29 is 0 Å². The van der Waals surface area contributed by atoms with Crippen LogP contribution in [0.5, 0.6) is 0 Å². The molecule has 1 aliphatic rings. The van der Waals surface area contributed by atoms with E-state index in [1.54, 1.807) is 6.20 Å². The minimum absolute atomic E-state index is 0.492. The molecule has 1 atom stereocenters. The number of hydrogen-bond acceptors (Lipinski definition) is 3. The molecule has 0 N–H and O–H groups in total. The van der Waals surface area contributed by atoms with Gasteiger partial charge in [0.1, 0.15) is 11.3 Å². The van der Waals surface area contributed by atoms with E-state index in [0.29, 0.717) is 16.9 Å². The number of pyridine rings is 1. The van der Waals surface area contributed by atoms with E-state index in [1.807, 2.05) is 17.8 Å². The quantitative estimate of drug-likeness (QED) is 0.812. The van der Waals surface area contributed by atoms with Crippen LogP contribution in [0.1, 0.15) is 18.3 Å². The van der Waals surface area contributed by atoms with Crippen LogP contribution in [0.15, 0.2) is 12.3 Å². The van der Waals surface area contributed by atoms with Crippen molar-refractivity contribution in [3.05, 3.63) is 23.1 Å². The van der Waals surface area contributed by atoms with Crippen LogP contribution in [0.3, 0.4) is 0 Å². The summed E-state index contributed by atoms with van der Waals surface area (Å²) >= 11 is 13.8. The lowest BCUT2D eigenvalue weighted by molar-refractivity contribution is 0.548. The summed E-state index contributed by atoms with van der Waals surface area (Å²) in [6.07, 6.45) is 3.64. The van der Waals surface area contributed by atoms with E-state index in [2.05, 4.69) is 14.5 Å². The van der Waals surface area contributed by atoms with Crippen LogP contribution < -0.4 is 0 Å². The number of fused-ring (bicyclic) bond motifs is 1. The largest absolute Gasteiger partial charge is 0.309 e. The number of aromatic nitrogens is 3. The highest BCUT2D eigenvalue weighted by atomic mass is 35.5. The van der Waals surface area contributed by atoms with E-state index in [1.165, 1.54) is 12.2 Å². The van der Waals surface area contributed by atoms with E-state index < -0.39 is 0 Å². The molecule has 0 saturated carbocycles. The second-order valence-corrected chi connectivity index (χ2v) is 6.31. The average Bonchev–Trinajstić information content (AvgIpc) is 2.95. The van der Waals surface area contributed by atoms with Crippen LogP contribution in [0.2, 0.25) is 5.02 Å². The first-order valence-electron chi connectivity index (χ1n) is 5.95. The molecule has 18 heavy (non-hydrogen) atoms. The molecule has 0 spiro atoms. The monoisotopic (exact) mass is 301 g/mol. The van der Waals surface area contributed by atoms with Gasteiger partial charge in [-0.05, 0) is 18.2 Å². The van der Waals surface area contributed by atoms with Crippen molar-refractivity contribution in [1.82, 2.24) is 14.5 Å². The zero-order chi connectivity index (χ0) is 12.5. The molecule has 1 saturated heterocycles. The van der Waals surface area contributed by atoms with Crippen molar-refractivity contribution in [2.24, 2.45) is 0 Å². The van der Waals surface area contributed by atoms with Crippen LogP contribution >= 0.6 is 35.0 Å². The summed E-state index contributed by atoms with van der Waals surface area (Å²) in [6.45, 7) is 0. The zero-order valence-electron chi connectivity index (χ0n) is 9.77. The number of hydrogen-bond donors (Lipinski definition) is 0. The molecule has 96 valence electrons. The average molecular weight is 302 g/mol. The maximum Gasteiger partial charge on any atom is 0.160 e. The Morgan fingerprint density at radius 2 is 2.39 bits per heavy atom. The molecule has 1 aliphatic heterocycles. The molecule has 0 amide bonds. The summed E-state index contributed by atoms with van der Waals surface area (Å²) in [5, 5.41) is 0.630. The molecular weight excluding hydrogens is 289 g/mol. The standard InChI is InChI=1S/C12H13Cl2N3S/c13-3-1-11-16-10-5-8(14)6-15-12(10)17(11)9-2-4-18-7-9/h5-6,9H,1-4,7H2. The fourth-order valence-corrected chi connectivity index (χ4v) is 3.89. The SMILES string of the molecule is ClCCc1nc2cc(Cl)cnc2n1C1CCSC1. The molecule has 3 nitrogen and oxygen atoms in total. The molecule has 2 aromatic rings. The molecule has 3 rings (SSSR count). The number of alkyl halides is 1. The van der Waals surface area contributed by atoms with Crippen LogP contribution in [0.25, 0.3) is 11.2 Å². The first-order chi connectivity index (χ1) is 8.79.